The highest BCUT2D eigenvalue weighted by atomic mass is 32.1. The Bertz CT molecular complexity index is 855. The summed E-state index contributed by atoms with van der Waals surface area (Å²) in [6.45, 7) is 2.41. The molecular formula is C17H17N3O3S. The maximum absolute atomic E-state index is 12.1. The number of aromatic nitrogens is 2. The van der Waals surface area contributed by atoms with Gasteiger partial charge in [-0.05, 0) is 30.5 Å². The number of esters is 1. The van der Waals surface area contributed by atoms with Crippen molar-refractivity contribution in [2.45, 2.75) is 20.0 Å². The van der Waals surface area contributed by atoms with Crippen LogP contribution in [0.2, 0.25) is 0 Å². The van der Waals surface area contributed by atoms with Crippen molar-refractivity contribution in [2.75, 3.05) is 6.61 Å². The number of hydrogen-bond acceptors (Lipinski definition) is 5. The topological polar surface area (TPSA) is 73.2 Å². The monoisotopic (exact) mass is 343 g/mol. The summed E-state index contributed by atoms with van der Waals surface area (Å²) < 4.78 is 6.81. The van der Waals surface area contributed by atoms with Crippen LogP contribution in [0.15, 0.2) is 41.8 Å². The average Bonchev–Trinajstić information content (AvgIpc) is 3.22. The van der Waals surface area contributed by atoms with Gasteiger partial charge in [-0.25, -0.2) is 4.98 Å². The molecule has 0 fully saturated rings. The summed E-state index contributed by atoms with van der Waals surface area (Å²) >= 11 is 1.38. The van der Waals surface area contributed by atoms with E-state index in [9.17, 15) is 9.59 Å². The van der Waals surface area contributed by atoms with Gasteiger partial charge < -0.3 is 14.6 Å². The van der Waals surface area contributed by atoms with Crippen LogP contribution < -0.4 is 5.32 Å². The minimum atomic E-state index is -0.327. The smallest absolute Gasteiger partial charge is 0.326 e. The van der Waals surface area contributed by atoms with E-state index in [1.807, 2.05) is 35.7 Å². The Morgan fingerprint density at radius 1 is 1.25 bits per heavy atom. The number of ether oxygens (including phenoxy) is 1. The van der Waals surface area contributed by atoms with Gasteiger partial charge in [0, 0.05) is 0 Å². The Balaban J connectivity index is 1.83. The van der Waals surface area contributed by atoms with Crippen molar-refractivity contribution < 1.29 is 14.3 Å². The van der Waals surface area contributed by atoms with Crippen LogP contribution in [0, 0.1) is 0 Å². The third-order valence-electron chi connectivity index (χ3n) is 3.48. The predicted octanol–water partition coefficient (Wildman–Crippen LogP) is 2.59. The molecule has 1 amide bonds. The van der Waals surface area contributed by atoms with Gasteiger partial charge in [-0.15, -0.1) is 11.3 Å². The van der Waals surface area contributed by atoms with Gasteiger partial charge in [-0.2, -0.15) is 0 Å². The molecule has 0 radical (unpaired) electrons. The number of benzene rings is 1. The first kappa shape index (κ1) is 16.2. The molecule has 0 spiro atoms. The Hall–Kier alpha value is -2.67. The van der Waals surface area contributed by atoms with Crippen LogP contribution in [0.25, 0.3) is 11.0 Å². The van der Waals surface area contributed by atoms with E-state index in [1.165, 1.54) is 11.3 Å². The van der Waals surface area contributed by atoms with Crippen molar-refractivity contribution in [3.05, 3.63) is 52.5 Å². The lowest BCUT2D eigenvalue weighted by Crippen LogP contribution is -2.25. The molecule has 0 bridgehead atoms. The normalized spacial score (nSPS) is 10.7. The molecule has 124 valence electrons. The molecule has 6 nitrogen and oxygen atoms in total. The quantitative estimate of drug-likeness (QED) is 0.698. The number of fused-ring (bicyclic) bond motifs is 1. The van der Waals surface area contributed by atoms with Crippen molar-refractivity contribution in [3.8, 4) is 0 Å². The molecule has 2 aromatic heterocycles. The van der Waals surface area contributed by atoms with E-state index in [-0.39, 0.29) is 25.0 Å². The zero-order valence-corrected chi connectivity index (χ0v) is 14.0. The molecule has 0 aliphatic rings. The second-order valence-corrected chi connectivity index (χ2v) is 6.02. The third kappa shape index (κ3) is 3.46. The summed E-state index contributed by atoms with van der Waals surface area (Å²) in [7, 11) is 0. The van der Waals surface area contributed by atoms with Crippen LogP contribution in [0.1, 0.15) is 22.4 Å². The molecule has 0 aliphatic heterocycles. The van der Waals surface area contributed by atoms with Gasteiger partial charge in [0.15, 0.2) is 0 Å². The second kappa shape index (κ2) is 7.27. The molecule has 24 heavy (non-hydrogen) atoms. The second-order valence-electron chi connectivity index (χ2n) is 5.07. The SMILES string of the molecule is CCOC(=O)Cn1c(CNC(=O)c2cccs2)nc2ccccc21. The standard InChI is InChI=1S/C17H17N3O3S/c1-2-23-16(21)11-20-13-7-4-3-6-12(13)19-15(20)10-18-17(22)14-8-5-9-24-14/h3-9H,2,10-11H2,1H3,(H,18,22). The van der Waals surface area contributed by atoms with Crippen molar-refractivity contribution >= 4 is 34.2 Å². The van der Waals surface area contributed by atoms with Crippen molar-refractivity contribution in [1.29, 1.82) is 0 Å². The number of carbonyl (C=O) groups is 2. The van der Waals surface area contributed by atoms with E-state index in [0.717, 1.165) is 11.0 Å². The molecule has 1 aromatic carbocycles. The molecule has 0 saturated carbocycles. The molecule has 0 atom stereocenters. The van der Waals surface area contributed by atoms with Crippen LogP contribution >= 0.6 is 11.3 Å². The number of para-hydroxylation sites is 2. The first-order valence-corrected chi connectivity index (χ1v) is 8.48. The minimum absolute atomic E-state index is 0.0680. The van der Waals surface area contributed by atoms with Crippen LogP contribution in [-0.4, -0.2) is 28.0 Å². The summed E-state index contributed by atoms with van der Waals surface area (Å²) in [5.74, 6) is 0.139. The van der Waals surface area contributed by atoms with E-state index in [0.29, 0.717) is 17.3 Å². The molecule has 3 rings (SSSR count). The first-order valence-electron chi connectivity index (χ1n) is 7.60. The van der Waals surface area contributed by atoms with Crippen LogP contribution in [0.3, 0.4) is 0 Å². The van der Waals surface area contributed by atoms with Crippen molar-refractivity contribution in [2.24, 2.45) is 0 Å². The van der Waals surface area contributed by atoms with Gasteiger partial charge in [0.05, 0.1) is 29.1 Å². The number of thiophene rings is 1. The highest BCUT2D eigenvalue weighted by Gasteiger charge is 2.15. The molecule has 2 heterocycles. The number of carbonyl (C=O) groups excluding carboxylic acids is 2. The molecule has 0 saturated heterocycles. The van der Waals surface area contributed by atoms with Crippen molar-refractivity contribution in [3.63, 3.8) is 0 Å². The van der Waals surface area contributed by atoms with Crippen LogP contribution in [-0.2, 0) is 22.6 Å². The lowest BCUT2D eigenvalue weighted by Gasteiger charge is -2.09. The summed E-state index contributed by atoms with van der Waals surface area (Å²) in [6.07, 6.45) is 0. The van der Waals surface area contributed by atoms with E-state index >= 15 is 0 Å². The molecule has 1 N–H and O–H groups in total. The average molecular weight is 343 g/mol. The number of nitrogens with one attached hydrogen (secondary N) is 1. The molecule has 3 aromatic rings. The highest BCUT2D eigenvalue weighted by Crippen LogP contribution is 2.16. The largest absolute Gasteiger partial charge is 0.465 e. The fourth-order valence-electron chi connectivity index (χ4n) is 2.43. The Kier molecular flexibility index (Phi) is 4.90. The highest BCUT2D eigenvalue weighted by molar-refractivity contribution is 7.12. The summed E-state index contributed by atoms with van der Waals surface area (Å²) in [4.78, 5) is 29.1. The zero-order chi connectivity index (χ0) is 16.9. The minimum Gasteiger partial charge on any atom is -0.465 e. The Labute approximate surface area is 143 Å². The van der Waals surface area contributed by atoms with Gasteiger partial charge in [-0.1, -0.05) is 18.2 Å². The van der Waals surface area contributed by atoms with E-state index in [4.69, 9.17) is 4.74 Å². The van der Waals surface area contributed by atoms with E-state index < -0.39 is 0 Å². The number of imidazole rings is 1. The van der Waals surface area contributed by atoms with Crippen LogP contribution in [0.4, 0.5) is 0 Å². The van der Waals surface area contributed by atoms with Gasteiger partial charge >= 0.3 is 5.97 Å². The maximum atomic E-state index is 12.1. The number of amides is 1. The number of hydrogen-bond donors (Lipinski definition) is 1. The predicted molar refractivity (Wildman–Crippen MR) is 91.9 cm³/mol. The summed E-state index contributed by atoms with van der Waals surface area (Å²) in [5, 5.41) is 4.70. The fourth-order valence-corrected chi connectivity index (χ4v) is 3.07. The first-order chi connectivity index (χ1) is 11.7. The summed E-state index contributed by atoms with van der Waals surface area (Å²) in [5.41, 5.74) is 1.62. The maximum Gasteiger partial charge on any atom is 0.326 e. The van der Waals surface area contributed by atoms with Gasteiger partial charge in [-0.3, -0.25) is 9.59 Å². The molecular weight excluding hydrogens is 326 g/mol. The van der Waals surface area contributed by atoms with Gasteiger partial charge in [0.25, 0.3) is 5.91 Å². The lowest BCUT2D eigenvalue weighted by molar-refractivity contribution is -0.143. The molecule has 0 unspecified atom stereocenters. The molecule has 7 heteroatoms. The van der Waals surface area contributed by atoms with Crippen LogP contribution in [0.5, 0.6) is 0 Å². The summed E-state index contributed by atoms with van der Waals surface area (Å²) in [6, 6.07) is 11.1. The van der Waals surface area contributed by atoms with Gasteiger partial charge in [0.2, 0.25) is 0 Å². The van der Waals surface area contributed by atoms with E-state index in [2.05, 4.69) is 10.3 Å². The lowest BCUT2D eigenvalue weighted by atomic mass is 10.3. The fraction of sp³-hybridized carbons (Fsp3) is 0.235. The number of rotatable bonds is 6. The van der Waals surface area contributed by atoms with Gasteiger partial charge in [0.1, 0.15) is 12.4 Å². The number of nitrogens with zero attached hydrogens (tertiary/aromatic N) is 2. The van der Waals surface area contributed by atoms with Crippen molar-refractivity contribution in [1.82, 2.24) is 14.9 Å². The molecule has 0 aliphatic carbocycles. The Morgan fingerprint density at radius 2 is 2.08 bits per heavy atom. The van der Waals surface area contributed by atoms with E-state index in [1.54, 1.807) is 17.6 Å². The Morgan fingerprint density at radius 3 is 2.83 bits per heavy atom. The third-order valence-corrected chi connectivity index (χ3v) is 4.35. The zero-order valence-electron chi connectivity index (χ0n) is 13.2.